The first-order valence-electron chi connectivity index (χ1n) is 8.48. The highest BCUT2D eigenvalue weighted by atomic mass is 16.5. The predicted octanol–water partition coefficient (Wildman–Crippen LogP) is 3.10. The predicted molar refractivity (Wildman–Crippen MR) is 85.3 cm³/mol. The highest BCUT2D eigenvalue weighted by molar-refractivity contribution is 5.78. The van der Waals surface area contributed by atoms with Gasteiger partial charge in [0.15, 0.2) is 0 Å². The second-order valence-corrected chi connectivity index (χ2v) is 6.70. The second kappa shape index (κ2) is 10.2. The first-order valence-corrected chi connectivity index (χ1v) is 8.48. The molecule has 21 heavy (non-hydrogen) atoms. The zero-order chi connectivity index (χ0) is 15.7. The van der Waals surface area contributed by atoms with E-state index in [0.717, 1.165) is 44.9 Å². The van der Waals surface area contributed by atoms with Gasteiger partial charge in [0, 0.05) is 25.6 Å². The Hall–Kier alpha value is -0.610. The molecule has 0 bridgehead atoms. The van der Waals surface area contributed by atoms with Gasteiger partial charge in [0.05, 0.1) is 19.3 Å². The monoisotopic (exact) mass is 299 g/mol. The van der Waals surface area contributed by atoms with Crippen molar-refractivity contribution >= 4 is 5.91 Å². The molecule has 1 aliphatic rings. The van der Waals surface area contributed by atoms with Crippen LogP contribution in [0.5, 0.6) is 0 Å². The fraction of sp³-hybridized carbons (Fsp3) is 0.941. The van der Waals surface area contributed by atoms with E-state index in [-0.39, 0.29) is 11.8 Å². The number of likely N-dealkylation sites (tertiary alicyclic amines) is 1. The Kier molecular flexibility index (Phi) is 8.93. The molecule has 1 rings (SSSR count). The Balaban J connectivity index is 2.00. The molecule has 0 atom stereocenters. The largest absolute Gasteiger partial charge is 0.379 e. The molecule has 0 radical (unpaired) electrons. The number of hydrogen-bond acceptors (Lipinski definition) is 3. The van der Waals surface area contributed by atoms with Gasteiger partial charge in [0.2, 0.25) is 5.91 Å². The van der Waals surface area contributed by atoms with Crippen LogP contribution in [0, 0.1) is 11.8 Å². The number of nitrogens with zero attached hydrogens (tertiary/aromatic N) is 1. The minimum absolute atomic E-state index is 0.0988. The number of hydrogen-bond donors (Lipinski definition) is 0. The number of carbonyl (C=O) groups is 1. The van der Waals surface area contributed by atoms with Crippen LogP contribution in [0.15, 0.2) is 0 Å². The lowest BCUT2D eigenvalue weighted by Gasteiger charge is -2.33. The van der Waals surface area contributed by atoms with Gasteiger partial charge < -0.3 is 14.4 Å². The van der Waals surface area contributed by atoms with E-state index in [1.165, 1.54) is 6.42 Å². The van der Waals surface area contributed by atoms with E-state index in [1.54, 1.807) is 0 Å². The van der Waals surface area contributed by atoms with Crippen LogP contribution in [-0.4, -0.2) is 49.8 Å². The van der Waals surface area contributed by atoms with Gasteiger partial charge in [0.1, 0.15) is 0 Å². The molecule has 0 aromatic carbocycles. The molecule has 0 spiro atoms. The number of amides is 1. The van der Waals surface area contributed by atoms with Gasteiger partial charge in [-0.1, -0.05) is 27.7 Å². The van der Waals surface area contributed by atoms with Crippen molar-refractivity contribution in [3.05, 3.63) is 0 Å². The van der Waals surface area contributed by atoms with E-state index in [1.807, 2.05) is 18.7 Å². The summed E-state index contributed by atoms with van der Waals surface area (Å²) in [6, 6.07) is 0. The van der Waals surface area contributed by atoms with Crippen LogP contribution >= 0.6 is 0 Å². The maximum Gasteiger partial charge on any atom is 0.225 e. The zero-order valence-corrected chi connectivity index (χ0v) is 14.3. The molecule has 1 amide bonds. The highest BCUT2D eigenvalue weighted by Gasteiger charge is 2.24. The molecule has 4 heteroatoms. The van der Waals surface area contributed by atoms with Crippen molar-refractivity contribution in [2.75, 3.05) is 32.9 Å². The molecule has 0 saturated carbocycles. The van der Waals surface area contributed by atoms with Crippen LogP contribution in [0.1, 0.15) is 53.4 Å². The molecule has 124 valence electrons. The number of piperidine rings is 1. The summed E-state index contributed by atoms with van der Waals surface area (Å²) in [6.07, 6.45) is 4.55. The topological polar surface area (TPSA) is 38.8 Å². The van der Waals surface area contributed by atoms with E-state index in [2.05, 4.69) is 13.8 Å². The Morgan fingerprint density at radius 1 is 1.10 bits per heavy atom. The number of rotatable bonds is 9. The van der Waals surface area contributed by atoms with E-state index in [9.17, 15) is 4.79 Å². The lowest BCUT2D eigenvalue weighted by Crippen LogP contribution is -2.42. The number of carbonyl (C=O) groups excluding carboxylic acids is 1. The third kappa shape index (κ3) is 7.82. The van der Waals surface area contributed by atoms with Gasteiger partial charge in [-0.25, -0.2) is 0 Å². The molecular formula is C17H33NO3. The van der Waals surface area contributed by atoms with Crippen molar-refractivity contribution in [3.63, 3.8) is 0 Å². The SMILES string of the molecule is CC(C)CCCOCCOC1CCN(C(=O)C(C)C)CC1. The minimum atomic E-state index is 0.0988. The smallest absolute Gasteiger partial charge is 0.225 e. The average molecular weight is 299 g/mol. The van der Waals surface area contributed by atoms with Crippen LogP contribution in [-0.2, 0) is 14.3 Å². The zero-order valence-electron chi connectivity index (χ0n) is 14.3. The molecule has 0 aromatic rings. The van der Waals surface area contributed by atoms with Crippen molar-refractivity contribution in [1.29, 1.82) is 0 Å². The third-order valence-electron chi connectivity index (χ3n) is 3.90. The summed E-state index contributed by atoms with van der Waals surface area (Å²) in [5, 5.41) is 0. The van der Waals surface area contributed by atoms with Crippen LogP contribution in [0.2, 0.25) is 0 Å². The molecule has 0 aromatic heterocycles. The van der Waals surface area contributed by atoms with Crippen LogP contribution in [0.25, 0.3) is 0 Å². The van der Waals surface area contributed by atoms with Crippen LogP contribution in [0.4, 0.5) is 0 Å². The van der Waals surface area contributed by atoms with E-state index < -0.39 is 0 Å². The normalized spacial score (nSPS) is 17.0. The maximum atomic E-state index is 11.9. The summed E-state index contributed by atoms with van der Waals surface area (Å²) >= 11 is 0. The second-order valence-electron chi connectivity index (χ2n) is 6.70. The summed E-state index contributed by atoms with van der Waals surface area (Å²) in [5.41, 5.74) is 0. The van der Waals surface area contributed by atoms with Crippen molar-refractivity contribution in [1.82, 2.24) is 4.90 Å². The maximum absolute atomic E-state index is 11.9. The molecule has 0 aliphatic carbocycles. The molecular weight excluding hydrogens is 266 g/mol. The molecule has 0 N–H and O–H groups in total. The van der Waals surface area contributed by atoms with E-state index in [0.29, 0.717) is 19.3 Å². The Morgan fingerprint density at radius 3 is 2.33 bits per heavy atom. The fourth-order valence-corrected chi connectivity index (χ4v) is 2.58. The summed E-state index contributed by atoms with van der Waals surface area (Å²) in [4.78, 5) is 13.8. The van der Waals surface area contributed by atoms with Crippen molar-refractivity contribution in [3.8, 4) is 0 Å². The summed E-state index contributed by atoms with van der Waals surface area (Å²) in [7, 11) is 0. The van der Waals surface area contributed by atoms with Crippen LogP contribution in [0.3, 0.4) is 0 Å². The highest BCUT2D eigenvalue weighted by Crippen LogP contribution is 2.15. The minimum Gasteiger partial charge on any atom is -0.379 e. The summed E-state index contributed by atoms with van der Waals surface area (Å²) in [5.74, 6) is 1.12. The van der Waals surface area contributed by atoms with Gasteiger partial charge in [-0.2, -0.15) is 0 Å². The first kappa shape index (κ1) is 18.4. The standard InChI is InChI=1S/C17H33NO3/c1-14(2)6-5-11-20-12-13-21-16-7-9-18(10-8-16)17(19)15(3)4/h14-16H,5-13H2,1-4H3. The third-order valence-corrected chi connectivity index (χ3v) is 3.90. The molecule has 4 nitrogen and oxygen atoms in total. The van der Waals surface area contributed by atoms with Gasteiger partial charge >= 0.3 is 0 Å². The fourth-order valence-electron chi connectivity index (χ4n) is 2.58. The van der Waals surface area contributed by atoms with Crippen molar-refractivity contribution in [2.24, 2.45) is 11.8 Å². The Morgan fingerprint density at radius 2 is 1.76 bits per heavy atom. The first-order chi connectivity index (χ1) is 10.0. The Labute approximate surface area is 130 Å². The lowest BCUT2D eigenvalue weighted by molar-refractivity contribution is -0.137. The van der Waals surface area contributed by atoms with E-state index >= 15 is 0 Å². The molecule has 1 heterocycles. The summed E-state index contributed by atoms with van der Waals surface area (Å²) in [6.45, 7) is 12.2. The van der Waals surface area contributed by atoms with Gasteiger partial charge in [-0.05, 0) is 31.6 Å². The van der Waals surface area contributed by atoms with Gasteiger partial charge in [-0.3, -0.25) is 4.79 Å². The quantitative estimate of drug-likeness (QED) is 0.614. The van der Waals surface area contributed by atoms with Crippen molar-refractivity contribution in [2.45, 2.75) is 59.5 Å². The van der Waals surface area contributed by atoms with Gasteiger partial charge in [-0.15, -0.1) is 0 Å². The molecule has 1 saturated heterocycles. The van der Waals surface area contributed by atoms with E-state index in [4.69, 9.17) is 9.47 Å². The molecule has 1 aliphatic heterocycles. The van der Waals surface area contributed by atoms with Crippen molar-refractivity contribution < 1.29 is 14.3 Å². The lowest BCUT2D eigenvalue weighted by atomic mass is 10.1. The Bertz CT molecular complexity index is 284. The molecule has 1 fully saturated rings. The van der Waals surface area contributed by atoms with Crippen LogP contribution < -0.4 is 0 Å². The summed E-state index contributed by atoms with van der Waals surface area (Å²) < 4.78 is 11.4. The number of ether oxygens (including phenoxy) is 2. The van der Waals surface area contributed by atoms with Gasteiger partial charge in [0.25, 0.3) is 0 Å². The molecule has 0 unspecified atom stereocenters. The average Bonchev–Trinajstić information content (AvgIpc) is 2.45.